The molecule has 6 nitrogen and oxygen atoms in total. The summed E-state index contributed by atoms with van der Waals surface area (Å²) in [4.78, 5) is 22.3. The summed E-state index contributed by atoms with van der Waals surface area (Å²) < 4.78 is 4.57. The number of carbonyl (C=O) groups is 2. The van der Waals surface area contributed by atoms with Crippen LogP contribution in [-0.4, -0.2) is 18.7 Å². The van der Waals surface area contributed by atoms with Crippen LogP contribution in [0.5, 0.6) is 0 Å². The van der Waals surface area contributed by atoms with E-state index in [1.54, 1.807) is 19.1 Å². The third-order valence-corrected chi connectivity index (χ3v) is 1.95. The first-order valence-corrected chi connectivity index (χ1v) is 5.19. The van der Waals surface area contributed by atoms with Crippen molar-refractivity contribution in [3.8, 4) is 0 Å². The lowest BCUT2D eigenvalue weighted by Gasteiger charge is -2.10. The number of hydrogen-bond donors (Lipinski definition) is 3. The van der Waals surface area contributed by atoms with E-state index in [1.165, 1.54) is 0 Å². The minimum absolute atomic E-state index is 0.243. The Bertz CT molecular complexity index is 407. The van der Waals surface area contributed by atoms with Gasteiger partial charge >= 0.3 is 12.1 Å². The zero-order valence-electron chi connectivity index (χ0n) is 9.74. The second-order valence-electron chi connectivity index (χ2n) is 3.24. The Kier molecular flexibility index (Phi) is 4.80. The summed E-state index contributed by atoms with van der Waals surface area (Å²) >= 11 is 0. The topological polar surface area (TPSA) is 79.5 Å². The van der Waals surface area contributed by atoms with Crippen molar-refractivity contribution in [2.75, 3.05) is 11.9 Å². The van der Waals surface area contributed by atoms with Gasteiger partial charge in [-0.25, -0.2) is 20.4 Å². The van der Waals surface area contributed by atoms with Crippen LogP contribution in [0.25, 0.3) is 0 Å². The number of nitrogens with one attached hydrogen (secondary N) is 3. The summed E-state index contributed by atoms with van der Waals surface area (Å²) in [5.74, 6) is 0. The van der Waals surface area contributed by atoms with Gasteiger partial charge in [0.15, 0.2) is 0 Å². The molecular formula is C11H15N3O3. The predicted octanol–water partition coefficient (Wildman–Crippen LogP) is 1.78. The number of urea groups is 1. The molecule has 3 amide bonds. The molecule has 6 heteroatoms. The third-order valence-electron chi connectivity index (χ3n) is 1.95. The molecule has 1 aromatic rings. The van der Waals surface area contributed by atoms with Gasteiger partial charge in [0.2, 0.25) is 0 Å². The van der Waals surface area contributed by atoms with Crippen LogP contribution in [-0.2, 0) is 4.74 Å². The van der Waals surface area contributed by atoms with E-state index >= 15 is 0 Å². The average molecular weight is 237 g/mol. The lowest BCUT2D eigenvalue weighted by atomic mass is 10.2. The quantitative estimate of drug-likeness (QED) is 0.686. The van der Waals surface area contributed by atoms with Crippen molar-refractivity contribution in [2.45, 2.75) is 13.8 Å². The van der Waals surface area contributed by atoms with Crippen LogP contribution in [0.2, 0.25) is 0 Å². The van der Waals surface area contributed by atoms with Crippen LogP contribution in [0.4, 0.5) is 15.3 Å². The number of hydrazine groups is 1. The van der Waals surface area contributed by atoms with E-state index in [0.29, 0.717) is 5.69 Å². The van der Waals surface area contributed by atoms with Crippen LogP contribution in [0.3, 0.4) is 0 Å². The zero-order valence-corrected chi connectivity index (χ0v) is 9.74. The molecule has 0 aliphatic rings. The second-order valence-corrected chi connectivity index (χ2v) is 3.24. The molecule has 0 atom stereocenters. The molecule has 0 bridgehead atoms. The Morgan fingerprint density at radius 1 is 1.24 bits per heavy atom. The molecular weight excluding hydrogens is 222 g/mol. The highest BCUT2D eigenvalue weighted by Gasteiger charge is 2.05. The fourth-order valence-corrected chi connectivity index (χ4v) is 1.14. The van der Waals surface area contributed by atoms with Crippen molar-refractivity contribution in [3.05, 3.63) is 29.8 Å². The number of hydrogen-bond acceptors (Lipinski definition) is 3. The molecule has 0 saturated heterocycles. The fraction of sp³-hybridized carbons (Fsp3) is 0.273. The molecule has 0 aromatic heterocycles. The van der Waals surface area contributed by atoms with Gasteiger partial charge in [-0.15, -0.1) is 0 Å². The standard InChI is InChI=1S/C11H15N3O3/c1-3-17-11(16)14-13-10(15)12-9-7-5-4-6-8(9)2/h4-7H,3H2,1-2H3,(H,14,16)(H2,12,13,15). The molecule has 1 rings (SSSR count). The molecule has 3 N–H and O–H groups in total. The van der Waals surface area contributed by atoms with E-state index in [2.05, 4.69) is 20.9 Å². The minimum Gasteiger partial charge on any atom is -0.449 e. The van der Waals surface area contributed by atoms with E-state index in [1.807, 2.05) is 19.1 Å². The summed E-state index contributed by atoms with van der Waals surface area (Å²) in [6, 6.07) is 6.78. The summed E-state index contributed by atoms with van der Waals surface area (Å²) in [7, 11) is 0. The fourth-order valence-electron chi connectivity index (χ4n) is 1.14. The van der Waals surface area contributed by atoms with Crippen molar-refractivity contribution in [2.24, 2.45) is 0 Å². The highest BCUT2D eigenvalue weighted by atomic mass is 16.6. The van der Waals surface area contributed by atoms with Crippen LogP contribution < -0.4 is 16.2 Å². The minimum atomic E-state index is -0.701. The SMILES string of the molecule is CCOC(=O)NNC(=O)Nc1ccccc1C. The number of carbonyl (C=O) groups excluding carboxylic acids is 2. The number of para-hydroxylation sites is 1. The van der Waals surface area contributed by atoms with Crippen molar-refractivity contribution in [1.29, 1.82) is 0 Å². The second kappa shape index (κ2) is 6.37. The maximum absolute atomic E-state index is 11.4. The number of ether oxygens (including phenoxy) is 1. The van der Waals surface area contributed by atoms with Crippen LogP contribution in [0.1, 0.15) is 12.5 Å². The van der Waals surface area contributed by atoms with E-state index in [0.717, 1.165) is 5.56 Å². The molecule has 0 saturated carbocycles. The first-order valence-electron chi connectivity index (χ1n) is 5.19. The van der Waals surface area contributed by atoms with Gasteiger partial charge in [-0.05, 0) is 25.5 Å². The smallest absolute Gasteiger partial charge is 0.426 e. The largest absolute Gasteiger partial charge is 0.449 e. The van der Waals surface area contributed by atoms with Crippen molar-refractivity contribution >= 4 is 17.8 Å². The monoisotopic (exact) mass is 237 g/mol. The van der Waals surface area contributed by atoms with E-state index in [9.17, 15) is 9.59 Å². The zero-order chi connectivity index (χ0) is 12.7. The van der Waals surface area contributed by atoms with Crippen LogP contribution in [0.15, 0.2) is 24.3 Å². The van der Waals surface area contributed by atoms with Crippen LogP contribution in [0, 0.1) is 6.92 Å². The summed E-state index contributed by atoms with van der Waals surface area (Å²) in [6.45, 7) is 3.79. The number of rotatable bonds is 2. The van der Waals surface area contributed by atoms with Gasteiger partial charge in [-0.2, -0.15) is 0 Å². The Morgan fingerprint density at radius 2 is 1.94 bits per heavy atom. The van der Waals surface area contributed by atoms with E-state index in [4.69, 9.17) is 0 Å². The number of benzene rings is 1. The van der Waals surface area contributed by atoms with Gasteiger partial charge in [0.25, 0.3) is 0 Å². The van der Waals surface area contributed by atoms with Gasteiger partial charge in [0.05, 0.1) is 6.61 Å². The van der Waals surface area contributed by atoms with Gasteiger partial charge in [0.1, 0.15) is 0 Å². The summed E-state index contributed by atoms with van der Waals surface area (Å²) in [6.07, 6.45) is -0.701. The van der Waals surface area contributed by atoms with Crippen LogP contribution >= 0.6 is 0 Å². The molecule has 0 radical (unpaired) electrons. The first kappa shape index (κ1) is 12.8. The number of amides is 3. The van der Waals surface area contributed by atoms with Gasteiger partial charge in [0, 0.05) is 5.69 Å². The lowest BCUT2D eigenvalue weighted by Crippen LogP contribution is -2.44. The van der Waals surface area contributed by atoms with Crippen molar-refractivity contribution < 1.29 is 14.3 Å². The van der Waals surface area contributed by atoms with E-state index in [-0.39, 0.29) is 6.61 Å². The first-order chi connectivity index (χ1) is 8.13. The number of aryl methyl sites for hydroxylation is 1. The molecule has 0 aliphatic heterocycles. The summed E-state index contributed by atoms with van der Waals surface area (Å²) in [5, 5.41) is 2.59. The molecule has 1 aromatic carbocycles. The Balaban J connectivity index is 2.40. The highest BCUT2D eigenvalue weighted by Crippen LogP contribution is 2.12. The highest BCUT2D eigenvalue weighted by molar-refractivity contribution is 5.90. The molecule has 0 spiro atoms. The number of anilines is 1. The van der Waals surface area contributed by atoms with Crippen molar-refractivity contribution in [1.82, 2.24) is 10.9 Å². The predicted molar refractivity (Wildman–Crippen MR) is 63.5 cm³/mol. The molecule has 92 valence electrons. The molecule has 0 aliphatic carbocycles. The normalized spacial score (nSPS) is 9.29. The van der Waals surface area contributed by atoms with Gasteiger partial charge < -0.3 is 10.1 Å². The Labute approximate surface area is 99.3 Å². The molecule has 17 heavy (non-hydrogen) atoms. The average Bonchev–Trinajstić information content (AvgIpc) is 2.30. The van der Waals surface area contributed by atoms with E-state index < -0.39 is 12.1 Å². The van der Waals surface area contributed by atoms with Gasteiger partial charge in [-0.3, -0.25) is 0 Å². The van der Waals surface area contributed by atoms with Crippen molar-refractivity contribution in [3.63, 3.8) is 0 Å². The van der Waals surface area contributed by atoms with Gasteiger partial charge in [-0.1, -0.05) is 18.2 Å². The molecule has 0 fully saturated rings. The molecule has 0 heterocycles. The molecule has 0 unspecified atom stereocenters. The maximum Gasteiger partial charge on any atom is 0.426 e. The Hall–Kier alpha value is -2.24. The summed E-state index contributed by atoms with van der Waals surface area (Å²) in [5.41, 5.74) is 5.87. The lowest BCUT2D eigenvalue weighted by molar-refractivity contribution is 0.148. The third kappa shape index (κ3) is 4.42. The Morgan fingerprint density at radius 3 is 2.59 bits per heavy atom. The maximum atomic E-state index is 11.4.